The van der Waals surface area contributed by atoms with Gasteiger partial charge in [0.25, 0.3) is 0 Å². The number of nitriles is 1. The quantitative estimate of drug-likeness (QED) is 0.608. The average Bonchev–Trinajstić information content (AvgIpc) is 3.22. The van der Waals surface area contributed by atoms with E-state index in [1.54, 1.807) is 0 Å². The highest BCUT2D eigenvalue weighted by atomic mass is 16.2. The molecule has 2 N–H and O–H groups in total. The Bertz CT molecular complexity index is 688. The molecule has 2 fully saturated rings. The fourth-order valence-corrected chi connectivity index (χ4v) is 3.60. The zero-order chi connectivity index (χ0) is 14.6. The van der Waals surface area contributed by atoms with Crippen LogP contribution in [0.2, 0.25) is 0 Å². The van der Waals surface area contributed by atoms with Crippen LogP contribution in [0.15, 0.2) is 24.3 Å². The van der Waals surface area contributed by atoms with Crippen molar-refractivity contribution in [1.82, 2.24) is 4.90 Å². The summed E-state index contributed by atoms with van der Waals surface area (Å²) < 4.78 is 0. The second-order valence-corrected chi connectivity index (χ2v) is 6.22. The lowest BCUT2D eigenvalue weighted by atomic mass is 9.80. The van der Waals surface area contributed by atoms with E-state index in [1.165, 1.54) is 0 Å². The van der Waals surface area contributed by atoms with Crippen molar-refractivity contribution in [3.63, 3.8) is 0 Å². The fraction of sp³-hybridized carbons (Fsp3) is 0.438. The summed E-state index contributed by atoms with van der Waals surface area (Å²) in [7, 11) is 0. The molecule has 0 radical (unpaired) electrons. The molecule has 1 aromatic carbocycles. The maximum atomic E-state index is 12.6. The molecule has 4 rings (SSSR count). The van der Waals surface area contributed by atoms with Crippen molar-refractivity contribution in [2.45, 2.75) is 30.7 Å². The van der Waals surface area contributed by atoms with Gasteiger partial charge in [-0.25, -0.2) is 0 Å². The zero-order valence-corrected chi connectivity index (χ0v) is 11.6. The Morgan fingerprint density at radius 3 is 2.90 bits per heavy atom. The number of amides is 1. The van der Waals surface area contributed by atoms with Crippen molar-refractivity contribution in [2.75, 3.05) is 11.9 Å². The molecule has 3 aliphatic rings. The number of carbonyl (C=O) groups is 1. The molecule has 5 nitrogen and oxygen atoms in total. The van der Waals surface area contributed by atoms with Gasteiger partial charge in [0.15, 0.2) is 0 Å². The number of likely N-dealkylation sites (tertiary alicyclic amines) is 1. The lowest BCUT2D eigenvalue weighted by Crippen LogP contribution is -2.40. The third-order valence-corrected chi connectivity index (χ3v) is 4.91. The number of anilines is 1. The minimum absolute atomic E-state index is 0.0324. The molecule has 2 aliphatic heterocycles. The maximum Gasteiger partial charge on any atom is 0.237 e. The third-order valence-electron chi connectivity index (χ3n) is 4.91. The molecule has 1 amide bonds. The number of amidine groups is 1. The summed E-state index contributed by atoms with van der Waals surface area (Å²) in [6, 6.07) is 9.60. The minimum atomic E-state index is -0.668. The predicted molar refractivity (Wildman–Crippen MR) is 77.9 cm³/mol. The number of benzene rings is 1. The van der Waals surface area contributed by atoms with Crippen molar-refractivity contribution >= 4 is 17.4 Å². The van der Waals surface area contributed by atoms with E-state index in [9.17, 15) is 10.1 Å². The molecule has 5 heteroatoms. The largest absolute Gasteiger partial charge is 0.343 e. The molecular formula is C16H16N4O. The van der Waals surface area contributed by atoms with E-state index >= 15 is 0 Å². The highest BCUT2D eigenvalue weighted by Crippen LogP contribution is 2.47. The van der Waals surface area contributed by atoms with E-state index in [4.69, 9.17) is 5.41 Å². The van der Waals surface area contributed by atoms with Crippen LogP contribution in [0.3, 0.4) is 0 Å². The zero-order valence-electron chi connectivity index (χ0n) is 11.6. The molecule has 2 atom stereocenters. The first-order chi connectivity index (χ1) is 10.2. The van der Waals surface area contributed by atoms with E-state index in [0.717, 1.165) is 24.1 Å². The number of para-hydroxylation sites is 1. The monoisotopic (exact) mass is 280 g/mol. The Kier molecular flexibility index (Phi) is 2.41. The van der Waals surface area contributed by atoms with Crippen molar-refractivity contribution in [2.24, 2.45) is 5.92 Å². The first-order valence-corrected chi connectivity index (χ1v) is 7.31. The second kappa shape index (κ2) is 4.08. The van der Waals surface area contributed by atoms with Gasteiger partial charge in [-0.1, -0.05) is 18.2 Å². The SMILES string of the molecule is N#C[C@@H]1C[C@@]2(CN1C(=N)C1CC1)C(=O)Nc1ccccc12. The van der Waals surface area contributed by atoms with E-state index in [-0.39, 0.29) is 17.9 Å². The predicted octanol–water partition coefficient (Wildman–Crippen LogP) is 1.86. The third kappa shape index (κ3) is 1.62. The molecule has 0 bridgehead atoms. The number of nitrogens with one attached hydrogen (secondary N) is 2. The van der Waals surface area contributed by atoms with Gasteiger partial charge in [0.2, 0.25) is 5.91 Å². The standard InChI is InChI=1S/C16H16N4O/c17-8-11-7-16(9-20(11)14(18)10-5-6-10)12-3-1-2-4-13(12)19-15(16)21/h1-4,10-11,18H,5-7,9H2,(H,19,21)/t11-,16-/m0/s1. The summed E-state index contributed by atoms with van der Waals surface area (Å²) in [5.74, 6) is 0.793. The van der Waals surface area contributed by atoms with E-state index in [0.29, 0.717) is 18.8 Å². The van der Waals surface area contributed by atoms with Crippen molar-refractivity contribution < 1.29 is 4.79 Å². The van der Waals surface area contributed by atoms with Crippen LogP contribution in [0.25, 0.3) is 0 Å². The molecule has 21 heavy (non-hydrogen) atoms. The summed E-state index contributed by atoms with van der Waals surface area (Å²) in [6.45, 7) is 0.448. The molecular weight excluding hydrogens is 264 g/mol. The normalized spacial score (nSPS) is 30.1. The molecule has 1 aliphatic carbocycles. The molecule has 1 spiro atoms. The molecule has 0 aromatic heterocycles. The van der Waals surface area contributed by atoms with Gasteiger partial charge in [0, 0.05) is 24.6 Å². The van der Waals surface area contributed by atoms with Crippen LogP contribution in [-0.2, 0) is 10.2 Å². The van der Waals surface area contributed by atoms with Gasteiger partial charge in [-0.2, -0.15) is 5.26 Å². The Hall–Kier alpha value is -2.35. The summed E-state index contributed by atoms with van der Waals surface area (Å²) in [6.07, 6.45) is 2.54. The number of hydrogen-bond donors (Lipinski definition) is 2. The average molecular weight is 280 g/mol. The molecule has 1 aromatic rings. The summed E-state index contributed by atoms with van der Waals surface area (Å²) in [5.41, 5.74) is 1.15. The van der Waals surface area contributed by atoms with Crippen LogP contribution in [0.1, 0.15) is 24.8 Å². The summed E-state index contributed by atoms with van der Waals surface area (Å²) in [4.78, 5) is 14.4. The van der Waals surface area contributed by atoms with Gasteiger partial charge in [0.05, 0.1) is 11.5 Å². The molecule has 106 valence electrons. The second-order valence-electron chi connectivity index (χ2n) is 6.22. The van der Waals surface area contributed by atoms with Gasteiger partial charge in [-0.05, 0) is 24.5 Å². The van der Waals surface area contributed by atoms with Gasteiger partial charge >= 0.3 is 0 Å². The Morgan fingerprint density at radius 2 is 2.19 bits per heavy atom. The van der Waals surface area contributed by atoms with E-state index in [1.807, 2.05) is 29.2 Å². The number of hydrogen-bond acceptors (Lipinski definition) is 3. The smallest absolute Gasteiger partial charge is 0.237 e. The number of nitrogens with zero attached hydrogens (tertiary/aromatic N) is 2. The van der Waals surface area contributed by atoms with Crippen LogP contribution >= 0.6 is 0 Å². The van der Waals surface area contributed by atoms with E-state index in [2.05, 4.69) is 11.4 Å². The molecule has 2 heterocycles. The maximum absolute atomic E-state index is 12.6. The first-order valence-electron chi connectivity index (χ1n) is 7.31. The van der Waals surface area contributed by atoms with Gasteiger partial charge in [0.1, 0.15) is 11.9 Å². The Balaban J connectivity index is 1.75. The van der Waals surface area contributed by atoms with Gasteiger partial charge in [-0.3, -0.25) is 10.2 Å². The number of rotatable bonds is 1. The minimum Gasteiger partial charge on any atom is -0.343 e. The lowest BCUT2D eigenvalue weighted by Gasteiger charge is -2.24. The summed E-state index contributed by atoms with van der Waals surface area (Å²) >= 11 is 0. The number of fused-ring (bicyclic) bond motifs is 2. The Labute approximate surface area is 123 Å². The van der Waals surface area contributed by atoms with Crippen LogP contribution in [0.5, 0.6) is 0 Å². The van der Waals surface area contributed by atoms with Crippen molar-refractivity contribution in [3.05, 3.63) is 29.8 Å². The van der Waals surface area contributed by atoms with Crippen LogP contribution in [0.4, 0.5) is 5.69 Å². The van der Waals surface area contributed by atoms with Crippen molar-refractivity contribution in [1.29, 1.82) is 10.7 Å². The lowest BCUT2D eigenvalue weighted by molar-refractivity contribution is -0.120. The van der Waals surface area contributed by atoms with Gasteiger partial charge in [-0.15, -0.1) is 0 Å². The highest BCUT2D eigenvalue weighted by Gasteiger charge is 2.56. The summed E-state index contributed by atoms with van der Waals surface area (Å²) in [5, 5.41) is 20.7. The van der Waals surface area contributed by atoms with Crippen LogP contribution in [-0.4, -0.2) is 29.2 Å². The van der Waals surface area contributed by atoms with Crippen LogP contribution < -0.4 is 5.32 Å². The Morgan fingerprint density at radius 1 is 1.43 bits per heavy atom. The van der Waals surface area contributed by atoms with E-state index < -0.39 is 5.41 Å². The molecule has 1 saturated carbocycles. The fourth-order valence-electron chi connectivity index (χ4n) is 3.60. The highest BCUT2D eigenvalue weighted by molar-refractivity contribution is 6.07. The van der Waals surface area contributed by atoms with Gasteiger partial charge < -0.3 is 10.2 Å². The number of carbonyl (C=O) groups excluding carboxylic acids is 1. The van der Waals surface area contributed by atoms with Crippen LogP contribution in [0, 0.1) is 22.7 Å². The topological polar surface area (TPSA) is 80.0 Å². The molecule has 0 unspecified atom stereocenters. The first kappa shape index (κ1) is 12.4. The molecule has 1 saturated heterocycles. The van der Waals surface area contributed by atoms with Crippen molar-refractivity contribution in [3.8, 4) is 6.07 Å².